The first kappa shape index (κ1) is 39.8. The number of H-pyrrole nitrogens is 1. The van der Waals surface area contributed by atoms with E-state index in [0.29, 0.717) is 0 Å². The summed E-state index contributed by atoms with van der Waals surface area (Å²) < 4.78 is 10.4. The maximum absolute atomic E-state index is 11.4. The maximum atomic E-state index is 11.4. The van der Waals surface area contributed by atoms with Crippen molar-refractivity contribution < 1.29 is 19.1 Å². The number of aliphatic imine (C=N–C) groups is 1. The van der Waals surface area contributed by atoms with Gasteiger partial charge >= 0.3 is 12.2 Å². The van der Waals surface area contributed by atoms with Gasteiger partial charge in [-0.25, -0.2) is 9.59 Å². The van der Waals surface area contributed by atoms with Gasteiger partial charge in [0.05, 0.1) is 5.69 Å². The Morgan fingerprint density at radius 2 is 1.10 bits per heavy atom. The van der Waals surface area contributed by atoms with Crippen molar-refractivity contribution >= 4 is 35.0 Å². The van der Waals surface area contributed by atoms with Gasteiger partial charge in [-0.2, -0.15) is 0 Å². The van der Waals surface area contributed by atoms with Crippen molar-refractivity contribution in [1.82, 2.24) is 14.8 Å². The Morgan fingerprint density at radius 1 is 0.640 bits per heavy atom. The monoisotopic (exact) mass is 682 g/mol. The summed E-state index contributed by atoms with van der Waals surface area (Å²) in [6, 6.07) is 24.0. The Hall–Kier alpha value is -4.59. The molecule has 3 aromatic carbocycles. The van der Waals surface area contributed by atoms with Crippen LogP contribution in [-0.4, -0.2) is 70.6 Å². The van der Waals surface area contributed by atoms with Gasteiger partial charge in [0, 0.05) is 50.5 Å². The number of fused-ring (bicyclic) bond motifs is 2. The number of hydrogen-bond acceptors (Lipinski definition) is 5. The fourth-order valence-electron chi connectivity index (χ4n) is 5.83. The standard InChI is InChI=1S/C22H16N2.2C9H17NO2.2CH4/c1-3-16(19-6-5-17-9-11-24-22(17)14-19)4-2-15(1)18-7-8-21-20(13-18)10-12-23-21;2*1-9(2,3)12-8(11)10-6-4-5-7-10;;/h1-9,11-14,24H,10H2;2*4-7H2,1-3H3;2*1H4. The highest BCUT2D eigenvalue weighted by Gasteiger charge is 2.25. The SMILES string of the molecule is C.C.C1=Nc2ccc(-c3ccc(-c4ccc5cc[nH]c5c4)cc3)cc2C1.CC(C)(C)OC(=O)N1CCCC1.CC(C)(C)OC(=O)N1CCCC1. The Morgan fingerprint density at radius 3 is 1.60 bits per heavy atom. The van der Waals surface area contributed by atoms with Gasteiger partial charge in [-0.15, -0.1) is 0 Å². The van der Waals surface area contributed by atoms with Gasteiger partial charge in [0.2, 0.25) is 0 Å². The zero-order valence-corrected chi connectivity index (χ0v) is 29.3. The molecule has 270 valence electrons. The smallest absolute Gasteiger partial charge is 0.410 e. The van der Waals surface area contributed by atoms with Crippen LogP contribution in [0.4, 0.5) is 15.3 Å². The summed E-state index contributed by atoms with van der Waals surface area (Å²) in [6.45, 7) is 14.8. The Labute approximate surface area is 299 Å². The highest BCUT2D eigenvalue weighted by atomic mass is 16.6. The van der Waals surface area contributed by atoms with Crippen LogP contribution in [0.25, 0.3) is 33.2 Å². The predicted octanol–water partition coefficient (Wildman–Crippen LogP) is 11.1. The molecule has 2 saturated heterocycles. The summed E-state index contributed by atoms with van der Waals surface area (Å²) in [5.74, 6) is 0. The third-order valence-corrected chi connectivity index (χ3v) is 8.24. The van der Waals surface area contributed by atoms with Crippen molar-refractivity contribution in [1.29, 1.82) is 0 Å². The van der Waals surface area contributed by atoms with Gasteiger partial charge in [0.1, 0.15) is 11.2 Å². The van der Waals surface area contributed by atoms with E-state index in [4.69, 9.17) is 9.47 Å². The van der Waals surface area contributed by atoms with Crippen molar-refractivity contribution in [2.75, 3.05) is 26.2 Å². The second kappa shape index (κ2) is 17.4. The molecule has 0 spiro atoms. The minimum atomic E-state index is -0.361. The second-order valence-corrected chi connectivity index (χ2v) is 14.6. The summed E-state index contributed by atoms with van der Waals surface area (Å²) in [6.07, 6.45) is 9.01. The third kappa shape index (κ3) is 11.2. The van der Waals surface area contributed by atoms with Gasteiger partial charge in [0.25, 0.3) is 0 Å². The molecular weight excluding hydrogens is 624 g/mol. The van der Waals surface area contributed by atoms with E-state index in [-0.39, 0.29) is 38.2 Å². The minimum absolute atomic E-state index is 0. The average molecular weight is 683 g/mol. The molecule has 8 nitrogen and oxygen atoms in total. The molecular formula is C42H58N4O4. The molecule has 0 radical (unpaired) electrons. The highest BCUT2D eigenvalue weighted by Crippen LogP contribution is 2.31. The molecule has 2 amide bonds. The van der Waals surface area contributed by atoms with Crippen LogP contribution >= 0.6 is 0 Å². The zero-order valence-electron chi connectivity index (χ0n) is 29.3. The minimum Gasteiger partial charge on any atom is -0.444 e. The molecule has 3 aliphatic heterocycles. The quantitative estimate of drug-likeness (QED) is 0.228. The number of hydrogen-bond donors (Lipinski definition) is 1. The number of carbonyl (C=O) groups is 2. The van der Waals surface area contributed by atoms with Crippen LogP contribution < -0.4 is 0 Å². The summed E-state index contributed by atoms with van der Waals surface area (Å²) in [5.41, 5.74) is 7.84. The molecule has 8 heteroatoms. The van der Waals surface area contributed by atoms with Crippen molar-refractivity contribution in [2.24, 2.45) is 4.99 Å². The van der Waals surface area contributed by atoms with Gasteiger partial charge in [-0.1, -0.05) is 57.3 Å². The lowest BCUT2D eigenvalue weighted by molar-refractivity contribution is 0.0284. The summed E-state index contributed by atoms with van der Waals surface area (Å²) in [4.78, 5) is 33.9. The van der Waals surface area contributed by atoms with E-state index in [9.17, 15) is 9.59 Å². The van der Waals surface area contributed by atoms with E-state index < -0.39 is 0 Å². The fraction of sp³-hybridized carbons (Fsp3) is 0.452. The first-order valence-electron chi connectivity index (χ1n) is 17.1. The number of likely N-dealkylation sites (tertiary alicyclic amines) is 2. The number of rotatable bonds is 2. The van der Waals surface area contributed by atoms with Gasteiger partial charge in [0.15, 0.2) is 0 Å². The molecule has 3 aliphatic rings. The average Bonchev–Trinajstić information content (AvgIpc) is 3.87. The Kier molecular flexibility index (Phi) is 13.8. The number of carbonyl (C=O) groups excluding carboxylic acids is 2. The van der Waals surface area contributed by atoms with Crippen molar-refractivity contribution in [2.45, 2.75) is 99.7 Å². The Bertz CT molecular complexity index is 1680. The highest BCUT2D eigenvalue weighted by molar-refractivity contribution is 5.85. The number of ether oxygens (including phenoxy) is 2. The predicted molar refractivity (Wildman–Crippen MR) is 209 cm³/mol. The molecule has 50 heavy (non-hydrogen) atoms. The number of nitrogens with one attached hydrogen (secondary N) is 1. The van der Waals surface area contributed by atoms with Gasteiger partial charge < -0.3 is 24.3 Å². The number of nitrogens with zero attached hydrogens (tertiary/aromatic N) is 3. The van der Waals surface area contributed by atoms with Crippen LogP contribution in [0, 0.1) is 0 Å². The number of amides is 2. The van der Waals surface area contributed by atoms with Crippen LogP contribution in [0.3, 0.4) is 0 Å². The van der Waals surface area contributed by atoms with Crippen LogP contribution in [0.5, 0.6) is 0 Å². The van der Waals surface area contributed by atoms with Gasteiger partial charge in [-0.3, -0.25) is 4.99 Å². The lowest BCUT2D eigenvalue weighted by atomic mass is 9.98. The molecule has 1 N–H and O–H groups in total. The van der Waals surface area contributed by atoms with Crippen LogP contribution in [0.15, 0.2) is 77.9 Å². The maximum Gasteiger partial charge on any atom is 0.410 e. The molecule has 0 atom stereocenters. The molecule has 2 fully saturated rings. The first-order chi connectivity index (χ1) is 22.8. The lowest BCUT2D eigenvalue weighted by Gasteiger charge is -2.23. The molecule has 0 aliphatic carbocycles. The topological polar surface area (TPSA) is 87.2 Å². The normalized spacial score (nSPS) is 14.8. The number of aromatic amines is 1. The number of benzene rings is 3. The lowest BCUT2D eigenvalue weighted by Crippen LogP contribution is -2.34. The zero-order chi connectivity index (χ0) is 34.3. The molecule has 4 aromatic rings. The van der Waals surface area contributed by atoms with Crippen molar-refractivity contribution in [3.63, 3.8) is 0 Å². The third-order valence-electron chi connectivity index (χ3n) is 8.24. The fourth-order valence-corrected chi connectivity index (χ4v) is 5.83. The second-order valence-electron chi connectivity index (χ2n) is 14.6. The molecule has 0 bridgehead atoms. The molecule has 1 aromatic heterocycles. The van der Waals surface area contributed by atoms with Crippen molar-refractivity contribution in [3.05, 3.63) is 78.5 Å². The van der Waals surface area contributed by atoms with E-state index >= 15 is 0 Å². The van der Waals surface area contributed by atoms with Crippen LogP contribution in [0.2, 0.25) is 0 Å². The molecule has 4 heterocycles. The first-order valence-corrected chi connectivity index (χ1v) is 17.1. The summed E-state index contributed by atoms with van der Waals surface area (Å²) >= 11 is 0. The van der Waals surface area contributed by atoms with E-state index in [1.54, 1.807) is 9.80 Å². The van der Waals surface area contributed by atoms with E-state index in [2.05, 4.69) is 76.7 Å². The summed E-state index contributed by atoms with van der Waals surface area (Å²) in [5, 5.41) is 1.25. The largest absolute Gasteiger partial charge is 0.444 e. The molecule has 7 rings (SSSR count). The van der Waals surface area contributed by atoms with Crippen molar-refractivity contribution in [3.8, 4) is 22.3 Å². The summed E-state index contributed by atoms with van der Waals surface area (Å²) in [7, 11) is 0. The molecule has 0 unspecified atom stereocenters. The molecule has 0 saturated carbocycles. The van der Waals surface area contributed by atoms with Crippen LogP contribution in [0.1, 0.15) is 87.6 Å². The van der Waals surface area contributed by atoms with E-state index in [0.717, 1.165) is 64.0 Å². The van der Waals surface area contributed by atoms with Crippen LogP contribution in [-0.2, 0) is 15.9 Å². The van der Waals surface area contributed by atoms with E-state index in [1.807, 2.05) is 54.0 Å². The number of aromatic nitrogens is 1. The van der Waals surface area contributed by atoms with Gasteiger partial charge in [-0.05, 0) is 125 Å². The Balaban J connectivity index is 0.000000222. The van der Waals surface area contributed by atoms with E-state index in [1.165, 1.54) is 38.7 Å².